The zero-order valence-corrected chi connectivity index (χ0v) is 9.05. The van der Waals surface area contributed by atoms with Crippen LogP contribution in [0, 0.1) is 5.92 Å². The maximum Gasteiger partial charge on any atom is 0.00339 e. The van der Waals surface area contributed by atoms with Crippen LogP contribution in [0.4, 0.5) is 0 Å². The van der Waals surface area contributed by atoms with Gasteiger partial charge in [0.15, 0.2) is 0 Å². The molecule has 0 aliphatic carbocycles. The molecule has 0 unspecified atom stereocenters. The molecule has 0 N–H and O–H groups in total. The first-order valence-electron chi connectivity index (χ1n) is 4.43. The van der Waals surface area contributed by atoms with E-state index in [1.165, 1.54) is 18.4 Å². The van der Waals surface area contributed by atoms with Gasteiger partial charge in [-0.25, -0.2) is 0 Å². The van der Waals surface area contributed by atoms with Crippen LogP contribution < -0.4 is 0 Å². The first-order chi connectivity index (χ1) is 5.83. The Morgan fingerprint density at radius 3 is 2.50 bits per heavy atom. The molecular formula is C11H15Br. The Morgan fingerprint density at radius 1 is 1.25 bits per heavy atom. The average Bonchev–Trinajstić information content (AvgIpc) is 2.06. The lowest BCUT2D eigenvalue weighted by atomic mass is 9.99. The van der Waals surface area contributed by atoms with Crippen molar-refractivity contribution in [3.63, 3.8) is 0 Å². The summed E-state index contributed by atoms with van der Waals surface area (Å²) >= 11 is 3.46. The van der Waals surface area contributed by atoms with E-state index in [9.17, 15) is 0 Å². The molecule has 1 aromatic carbocycles. The number of halogens is 1. The summed E-state index contributed by atoms with van der Waals surface area (Å²) in [6, 6.07) is 10.7. The van der Waals surface area contributed by atoms with Gasteiger partial charge in [0.05, 0.1) is 0 Å². The quantitative estimate of drug-likeness (QED) is 0.688. The molecule has 0 radical (unpaired) electrons. The lowest BCUT2D eigenvalue weighted by molar-refractivity contribution is 0.567. The molecule has 0 fully saturated rings. The molecule has 0 saturated carbocycles. The van der Waals surface area contributed by atoms with Crippen molar-refractivity contribution in [3.8, 4) is 0 Å². The highest BCUT2D eigenvalue weighted by Gasteiger charge is 2.01. The van der Waals surface area contributed by atoms with E-state index in [4.69, 9.17) is 0 Å². The standard InChI is InChI=1S/C11H15Br/c1-10(7-8-12)9-11-5-3-2-4-6-11/h2-6,10H,7-9H2,1H3/t10-/m0/s1. The van der Waals surface area contributed by atoms with Crippen molar-refractivity contribution >= 4 is 15.9 Å². The minimum Gasteiger partial charge on any atom is -0.0928 e. The molecule has 0 spiro atoms. The average molecular weight is 227 g/mol. The molecule has 0 bridgehead atoms. The summed E-state index contributed by atoms with van der Waals surface area (Å²) < 4.78 is 0. The third-order valence-corrected chi connectivity index (χ3v) is 2.49. The molecule has 1 atom stereocenters. The van der Waals surface area contributed by atoms with E-state index in [0.717, 1.165) is 11.2 Å². The molecule has 0 aromatic heterocycles. The summed E-state index contributed by atoms with van der Waals surface area (Å²) in [4.78, 5) is 0. The summed E-state index contributed by atoms with van der Waals surface area (Å²) in [5.74, 6) is 0.784. The number of rotatable bonds is 4. The fourth-order valence-corrected chi connectivity index (χ4v) is 2.09. The monoisotopic (exact) mass is 226 g/mol. The molecule has 1 aromatic rings. The first kappa shape index (κ1) is 9.79. The molecule has 0 aliphatic rings. The second-order valence-corrected chi connectivity index (χ2v) is 4.07. The van der Waals surface area contributed by atoms with Crippen molar-refractivity contribution in [2.45, 2.75) is 19.8 Å². The van der Waals surface area contributed by atoms with Gasteiger partial charge in [-0.2, -0.15) is 0 Å². The summed E-state index contributed by atoms with van der Waals surface area (Å²) in [7, 11) is 0. The van der Waals surface area contributed by atoms with Crippen molar-refractivity contribution in [1.29, 1.82) is 0 Å². The lowest BCUT2D eigenvalue weighted by Gasteiger charge is -2.08. The first-order valence-corrected chi connectivity index (χ1v) is 5.55. The van der Waals surface area contributed by atoms with Crippen molar-refractivity contribution in [2.24, 2.45) is 5.92 Å². The third kappa shape index (κ3) is 3.40. The minimum absolute atomic E-state index is 0.784. The topological polar surface area (TPSA) is 0 Å². The van der Waals surface area contributed by atoms with Gasteiger partial charge >= 0.3 is 0 Å². The highest BCUT2D eigenvalue weighted by molar-refractivity contribution is 9.09. The van der Waals surface area contributed by atoms with Gasteiger partial charge in [0.2, 0.25) is 0 Å². The second kappa shape index (κ2) is 5.36. The van der Waals surface area contributed by atoms with E-state index in [2.05, 4.69) is 53.2 Å². The van der Waals surface area contributed by atoms with Gasteiger partial charge < -0.3 is 0 Å². The van der Waals surface area contributed by atoms with Crippen LogP contribution in [-0.2, 0) is 6.42 Å². The molecule has 0 aliphatic heterocycles. The third-order valence-electron chi connectivity index (χ3n) is 2.03. The number of alkyl halides is 1. The van der Waals surface area contributed by atoms with Gasteiger partial charge in [-0.1, -0.05) is 53.2 Å². The van der Waals surface area contributed by atoms with Gasteiger partial charge in [-0.05, 0) is 24.3 Å². The van der Waals surface area contributed by atoms with Crippen LogP contribution in [0.2, 0.25) is 0 Å². The van der Waals surface area contributed by atoms with Crippen LogP contribution in [-0.4, -0.2) is 5.33 Å². The zero-order chi connectivity index (χ0) is 8.81. The molecule has 12 heavy (non-hydrogen) atoms. The van der Waals surface area contributed by atoms with E-state index in [1.807, 2.05) is 0 Å². The molecule has 66 valence electrons. The molecule has 1 heteroatoms. The molecule has 0 nitrogen and oxygen atoms in total. The van der Waals surface area contributed by atoms with Crippen molar-refractivity contribution in [2.75, 3.05) is 5.33 Å². The molecule has 1 rings (SSSR count). The Morgan fingerprint density at radius 2 is 1.92 bits per heavy atom. The van der Waals surface area contributed by atoms with Gasteiger partial charge in [0.25, 0.3) is 0 Å². The van der Waals surface area contributed by atoms with Crippen molar-refractivity contribution in [3.05, 3.63) is 35.9 Å². The fourth-order valence-electron chi connectivity index (χ4n) is 1.30. The van der Waals surface area contributed by atoms with Crippen molar-refractivity contribution in [1.82, 2.24) is 0 Å². The Labute approximate surface area is 83.1 Å². The van der Waals surface area contributed by atoms with Crippen LogP contribution >= 0.6 is 15.9 Å². The van der Waals surface area contributed by atoms with E-state index in [-0.39, 0.29) is 0 Å². The normalized spacial score (nSPS) is 12.8. The number of benzene rings is 1. The Bertz CT molecular complexity index is 206. The SMILES string of the molecule is C[C@@H](CCBr)Cc1ccccc1. The van der Waals surface area contributed by atoms with Crippen LogP contribution in [0.5, 0.6) is 0 Å². The Kier molecular flexibility index (Phi) is 4.37. The molecule has 0 amide bonds. The molecular weight excluding hydrogens is 212 g/mol. The largest absolute Gasteiger partial charge is 0.0928 e. The maximum atomic E-state index is 3.46. The summed E-state index contributed by atoms with van der Waals surface area (Å²) in [6.45, 7) is 2.30. The number of hydrogen-bond donors (Lipinski definition) is 0. The van der Waals surface area contributed by atoms with E-state index < -0.39 is 0 Å². The van der Waals surface area contributed by atoms with Crippen LogP contribution in [0.3, 0.4) is 0 Å². The van der Waals surface area contributed by atoms with E-state index in [0.29, 0.717) is 0 Å². The van der Waals surface area contributed by atoms with Crippen LogP contribution in [0.25, 0.3) is 0 Å². The lowest BCUT2D eigenvalue weighted by Crippen LogP contribution is -1.99. The smallest absolute Gasteiger partial charge is 0.00339 e. The maximum absolute atomic E-state index is 3.46. The van der Waals surface area contributed by atoms with Gasteiger partial charge in [-0.15, -0.1) is 0 Å². The Hall–Kier alpha value is -0.300. The van der Waals surface area contributed by atoms with Crippen LogP contribution in [0.15, 0.2) is 30.3 Å². The van der Waals surface area contributed by atoms with Gasteiger partial charge in [0, 0.05) is 5.33 Å². The van der Waals surface area contributed by atoms with Crippen molar-refractivity contribution < 1.29 is 0 Å². The van der Waals surface area contributed by atoms with E-state index in [1.54, 1.807) is 0 Å². The zero-order valence-electron chi connectivity index (χ0n) is 7.46. The summed E-state index contributed by atoms with van der Waals surface area (Å²) in [5.41, 5.74) is 1.45. The predicted molar refractivity (Wildman–Crippen MR) is 57.7 cm³/mol. The van der Waals surface area contributed by atoms with Crippen LogP contribution in [0.1, 0.15) is 18.9 Å². The summed E-state index contributed by atoms with van der Waals surface area (Å²) in [6.07, 6.45) is 2.46. The second-order valence-electron chi connectivity index (χ2n) is 3.27. The highest BCUT2D eigenvalue weighted by Crippen LogP contribution is 2.12. The number of hydrogen-bond acceptors (Lipinski definition) is 0. The molecule has 0 heterocycles. The van der Waals surface area contributed by atoms with E-state index >= 15 is 0 Å². The fraction of sp³-hybridized carbons (Fsp3) is 0.455. The highest BCUT2D eigenvalue weighted by atomic mass is 79.9. The summed E-state index contributed by atoms with van der Waals surface area (Å²) in [5, 5.41) is 1.11. The van der Waals surface area contributed by atoms with Gasteiger partial charge in [0.1, 0.15) is 0 Å². The predicted octanol–water partition coefficient (Wildman–Crippen LogP) is 3.65. The van der Waals surface area contributed by atoms with Gasteiger partial charge in [-0.3, -0.25) is 0 Å². The molecule has 0 saturated heterocycles. The Balaban J connectivity index is 2.41. The minimum atomic E-state index is 0.784.